The Labute approximate surface area is 257 Å². The van der Waals surface area contributed by atoms with Crippen LogP contribution < -0.4 is 0 Å². The molecule has 3 saturated carbocycles. The van der Waals surface area contributed by atoms with Gasteiger partial charge in [-0.1, -0.05) is 82.4 Å². The summed E-state index contributed by atoms with van der Waals surface area (Å²) >= 11 is 0. The number of rotatable bonds is 15. The lowest BCUT2D eigenvalue weighted by atomic mass is 9.68. The van der Waals surface area contributed by atoms with Gasteiger partial charge < -0.3 is 9.84 Å². The van der Waals surface area contributed by atoms with Crippen molar-refractivity contribution in [2.24, 2.45) is 29.6 Å². The first-order valence-corrected chi connectivity index (χ1v) is 17.8. The van der Waals surface area contributed by atoms with Crippen molar-refractivity contribution in [3.05, 3.63) is 59.7 Å². The average molecular weight is 577 g/mol. The molecule has 3 aliphatic rings. The number of ether oxygens (including phenoxy) is 1. The number of carbonyl (C=O) groups excluding carboxylic acids is 1. The molecule has 0 amide bonds. The van der Waals surface area contributed by atoms with Gasteiger partial charge >= 0.3 is 5.97 Å². The summed E-state index contributed by atoms with van der Waals surface area (Å²) in [4.78, 5) is 11.5. The van der Waals surface area contributed by atoms with Crippen LogP contribution in [0.25, 0.3) is 0 Å². The predicted molar refractivity (Wildman–Crippen MR) is 176 cm³/mol. The summed E-state index contributed by atoms with van der Waals surface area (Å²) < 4.78 is 5.27. The highest BCUT2D eigenvalue weighted by molar-refractivity contribution is 5.81. The Hall–Kier alpha value is -1.87. The maximum absolute atomic E-state index is 11.5. The summed E-state index contributed by atoms with van der Waals surface area (Å²) in [6.45, 7) is 6.39. The van der Waals surface area contributed by atoms with Gasteiger partial charge in [-0.05, 0) is 129 Å². The van der Waals surface area contributed by atoms with Crippen molar-refractivity contribution in [3.8, 4) is 0 Å². The Balaban J connectivity index is 1.18. The number of aliphatic hydroxyl groups is 1. The molecule has 4 rings (SSSR count). The predicted octanol–water partition coefficient (Wildman–Crippen LogP) is 9.91. The van der Waals surface area contributed by atoms with E-state index >= 15 is 0 Å². The number of benzene rings is 1. The summed E-state index contributed by atoms with van der Waals surface area (Å²) in [6.07, 6.45) is 31.4. The molecule has 0 atom stereocenters. The molecule has 0 aliphatic heterocycles. The first kappa shape index (κ1) is 33.0. The van der Waals surface area contributed by atoms with E-state index in [9.17, 15) is 9.90 Å². The Bertz CT molecular complexity index is 956. The highest BCUT2D eigenvalue weighted by Crippen LogP contribution is 2.43. The largest absolute Gasteiger partial charge is 0.462 e. The molecule has 0 heterocycles. The number of aliphatic hydroxyl groups excluding tert-OH is 1. The minimum atomic E-state index is -0.363. The van der Waals surface area contributed by atoms with Crippen LogP contribution in [-0.4, -0.2) is 24.3 Å². The van der Waals surface area contributed by atoms with Crippen LogP contribution in [0, 0.1) is 29.6 Å². The summed E-state index contributed by atoms with van der Waals surface area (Å²) in [5.41, 5.74) is 3.96. The minimum Gasteiger partial charge on any atom is -0.462 e. The van der Waals surface area contributed by atoms with Crippen LogP contribution in [0.3, 0.4) is 0 Å². The second-order valence-electron chi connectivity index (χ2n) is 13.9. The lowest BCUT2D eigenvalue weighted by molar-refractivity contribution is -0.137. The van der Waals surface area contributed by atoms with Gasteiger partial charge in [-0.2, -0.15) is 0 Å². The van der Waals surface area contributed by atoms with E-state index in [2.05, 4.69) is 43.9 Å². The number of carbonyl (C=O) groups is 1. The van der Waals surface area contributed by atoms with Crippen molar-refractivity contribution < 1.29 is 14.6 Å². The molecule has 3 fully saturated rings. The number of unbranched alkanes of at least 4 members (excludes halogenated alkanes) is 2. The van der Waals surface area contributed by atoms with Gasteiger partial charge in [0.1, 0.15) is 0 Å². The maximum atomic E-state index is 11.5. The van der Waals surface area contributed by atoms with Crippen molar-refractivity contribution in [1.29, 1.82) is 0 Å². The van der Waals surface area contributed by atoms with E-state index in [0.717, 1.165) is 48.9 Å². The fraction of sp³-hybridized carbons (Fsp3) is 0.718. The van der Waals surface area contributed by atoms with E-state index in [1.54, 1.807) is 0 Å². The minimum absolute atomic E-state index is 0.200. The molecular weight excluding hydrogens is 516 g/mol. The zero-order chi connectivity index (χ0) is 29.6. The molecular formula is C39H60O3. The third-order valence-electron chi connectivity index (χ3n) is 11.1. The number of aryl methyl sites for hydroxylation is 1. The Kier molecular flexibility index (Phi) is 14.2. The molecule has 0 unspecified atom stereocenters. The molecule has 3 heteroatoms. The van der Waals surface area contributed by atoms with Gasteiger partial charge in [0.2, 0.25) is 0 Å². The van der Waals surface area contributed by atoms with E-state index < -0.39 is 0 Å². The molecule has 0 saturated heterocycles. The topological polar surface area (TPSA) is 46.5 Å². The lowest BCUT2D eigenvalue weighted by Crippen LogP contribution is -2.25. The SMILES string of the molecule is C=CC(=O)OCCc1cc(C2CCC(/C=C/C3CCC(C4CCC(CCCCC)CC4)CC3)CC2)ccc1CCCO. The number of hydrogen-bond donors (Lipinski definition) is 1. The molecule has 0 radical (unpaired) electrons. The molecule has 3 aliphatic carbocycles. The van der Waals surface area contributed by atoms with Crippen LogP contribution in [0.2, 0.25) is 0 Å². The normalized spacial score (nSPS) is 28.5. The van der Waals surface area contributed by atoms with Crippen LogP contribution in [0.4, 0.5) is 0 Å². The van der Waals surface area contributed by atoms with E-state index in [4.69, 9.17) is 4.74 Å². The molecule has 0 spiro atoms. The van der Waals surface area contributed by atoms with Crippen molar-refractivity contribution in [2.75, 3.05) is 13.2 Å². The van der Waals surface area contributed by atoms with Gasteiger partial charge in [-0.15, -0.1) is 0 Å². The number of allylic oxidation sites excluding steroid dienone is 2. The fourth-order valence-electron chi connectivity index (χ4n) is 8.37. The van der Waals surface area contributed by atoms with Gasteiger partial charge in [0, 0.05) is 19.1 Å². The van der Waals surface area contributed by atoms with Crippen LogP contribution in [0.15, 0.2) is 43.0 Å². The van der Waals surface area contributed by atoms with Crippen molar-refractivity contribution in [3.63, 3.8) is 0 Å². The van der Waals surface area contributed by atoms with E-state index in [-0.39, 0.29) is 12.6 Å². The van der Waals surface area contributed by atoms with Gasteiger partial charge in [0.15, 0.2) is 0 Å². The summed E-state index contributed by atoms with van der Waals surface area (Å²) in [7, 11) is 0. The van der Waals surface area contributed by atoms with E-state index in [1.807, 2.05) is 0 Å². The third kappa shape index (κ3) is 10.4. The third-order valence-corrected chi connectivity index (χ3v) is 11.1. The zero-order valence-electron chi connectivity index (χ0n) is 26.7. The average Bonchev–Trinajstić information content (AvgIpc) is 3.04. The Morgan fingerprint density at radius 2 is 1.48 bits per heavy atom. The molecule has 3 nitrogen and oxygen atoms in total. The lowest BCUT2D eigenvalue weighted by Gasteiger charge is -2.37. The summed E-state index contributed by atoms with van der Waals surface area (Å²) in [5.74, 6) is 4.88. The fourth-order valence-corrected chi connectivity index (χ4v) is 8.37. The van der Waals surface area contributed by atoms with Crippen molar-refractivity contribution in [2.45, 2.75) is 135 Å². The van der Waals surface area contributed by atoms with Gasteiger partial charge in [0.25, 0.3) is 0 Å². The van der Waals surface area contributed by atoms with Crippen LogP contribution in [0.1, 0.15) is 139 Å². The molecule has 234 valence electrons. The van der Waals surface area contributed by atoms with Crippen LogP contribution in [0.5, 0.6) is 0 Å². The summed E-state index contributed by atoms with van der Waals surface area (Å²) in [6, 6.07) is 6.91. The Morgan fingerprint density at radius 3 is 2.10 bits per heavy atom. The molecule has 0 bridgehead atoms. The molecule has 42 heavy (non-hydrogen) atoms. The monoisotopic (exact) mass is 576 g/mol. The van der Waals surface area contributed by atoms with Gasteiger partial charge in [0.05, 0.1) is 6.61 Å². The van der Waals surface area contributed by atoms with Gasteiger partial charge in [-0.3, -0.25) is 0 Å². The Morgan fingerprint density at radius 1 is 0.833 bits per heavy atom. The first-order valence-electron chi connectivity index (χ1n) is 17.8. The van der Waals surface area contributed by atoms with Crippen LogP contribution >= 0.6 is 0 Å². The molecule has 1 N–H and O–H groups in total. The van der Waals surface area contributed by atoms with E-state index in [1.165, 1.54) is 125 Å². The summed E-state index contributed by atoms with van der Waals surface area (Å²) in [5, 5.41) is 9.33. The first-order chi connectivity index (χ1) is 20.6. The van der Waals surface area contributed by atoms with Crippen molar-refractivity contribution >= 4 is 5.97 Å². The van der Waals surface area contributed by atoms with Crippen LogP contribution in [-0.2, 0) is 22.4 Å². The highest BCUT2D eigenvalue weighted by Gasteiger charge is 2.30. The van der Waals surface area contributed by atoms with E-state index in [0.29, 0.717) is 12.5 Å². The number of hydrogen-bond acceptors (Lipinski definition) is 3. The second kappa shape index (κ2) is 18.1. The smallest absolute Gasteiger partial charge is 0.330 e. The quantitative estimate of drug-likeness (QED) is 0.0978. The maximum Gasteiger partial charge on any atom is 0.330 e. The zero-order valence-corrected chi connectivity index (χ0v) is 26.7. The standard InChI is InChI=1S/C39H60O3/c1-3-5-6-8-30-12-18-34(19-13-30)35-20-14-31(15-21-35)10-11-32-16-22-36(23-17-32)37-25-24-33(9-7-27-40)38(29-37)26-28-42-39(41)4-2/h4,10-11,24-25,29-32,34-36,40H,2-3,5-9,12-23,26-28H2,1H3/b11-10+. The van der Waals surface area contributed by atoms with Gasteiger partial charge in [-0.25, -0.2) is 4.79 Å². The highest BCUT2D eigenvalue weighted by atomic mass is 16.5. The second-order valence-corrected chi connectivity index (χ2v) is 13.9. The molecule has 1 aromatic rings. The molecule has 0 aromatic heterocycles. The molecule has 1 aromatic carbocycles. The number of esters is 1. The van der Waals surface area contributed by atoms with Crippen molar-refractivity contribution in [1.82, 2.24) is 0 Å².